The molecule has 7 heteroatoms. The first-order valence-electron chi connectivity index (χ1n) is 6.69. The highest BCUT2D eigenvalue weighted by Gasteiger charge is 2.39. The number of anilines is 1. The van der Waals surface area contributed by atoms with Crippen LogP contribution in [-0.4, -0.2) is 52.4 Å². The summed E-state index contributed by atoms with van der Waals surface area (Å²) in [6, 6.07) is 0.338. The van der Waals surface area contributed by atoms with E-state index in [1.165, 1.54) is 13.5 Å². The smallest absolute Gasteiger partial charge is 0.344 e. The van der Waals surface area contributed by atoms with Gasteiger partial charge in [-0.05, 0) is 32.4 Å². The number of hydrogen-bond acceptors (Lipinski definition) is 5. The van der Waals surface area contributed by atoms with E-state index in [0.29, 0.717) is 17.8 Å². The van der Waals surface area contributed by atoms with Crippen molar-refractivity contribution < 1.29 is 0 Å². The Balaban J connectivity index is 1.97. The molecular formula is C12H19N5O2. The number of aromatic amines is 1. The minimum atomic E-state index is -0.467. The monoisotopic (exact) mass is 265 g/mol. The highest BCUT2D eigenvalue weighted by molar-refractivity contribution is 5.39. The lowest BCUT2D eigenvalue weighted by Gasteiger charge is -2.36. The molecule has 0 spiro atoms. The summed E-state index contributed by atoms with van der Waals surface area (Å²) in [5.41, 5.74) is -0.775. The van der Waals surface area contributed by atoms with Gasteiger partial charge in [-0.25, -0.2) is 9.89 Å². The molecule has 7 nitrogen and oxygen atoms in total. The number of nitrogens with one attached hydrogen (secondary N) is 1. The zero-order valence-corrected chi connectivity index (χ0v) is 11.3. The molecule has 3 rings (SSSR count). The number of hydrogen-bond donors (Lipinski definition) is 1. The van der Waals surface area contributed by atoms with E-state index >= 15 is 0 Å². The minimum Gasteiger partial charge on any atom is -0.346 e. The zero-order valence-electron chi connectivity index (χ0n) is 11.3. The standard InChI is InChI=1S/C12H19N5O2/c1-15-5-3-8-4-6-17(9(8)7-15)10-11(18)16(2)12(19)14-13-10/h8-9H,3-7H2,1-2H3,(H,14,19). The number of fused-ring (bicyclic) bond motifs is 1. The van der Waals surface area contributed by atoms with Crippen LogP contribution in [-0.2, 0) is 7.05 Å². The fraction of sp³-hybridized carbons (Fsp3) is 0.750. The summed E-state index contributed by atoms with van der Waals surface area (Å²) in [7, 11) is 3.58. The summed E-state index contributed by atoms with van der Waals surface area (Å²) in [5, 5.41) is 6.37. The maximum Gasteiger partial charge on any atom is 0.344 e. The van der Waals surface area contributed by atoms with Gasteiger partial charge in [0.1, 0.15) is 0 Å². The van der Waals surface area contributed by atoms with Gasteiger partial charge in [-0.15, -0.1) is 5.10 Å². The summed E-state index contributed by atoms with van der Waals surface area (Å²) in [6.07, 6.45) is 2.27. The maximum atomic E-state index is 12.2. The van der Waals surface area contributed by atoms with Crippen LogP contribution in [0.2, 0.25) is 0 Å². The van der Waals surface area contributed by atoms with E-state index in [-0.39, 0.29) is 5.56 Å². The van der Waals surface area contributed by atoms with Crippen molar-refractivity contribution in [3.63, 3.8) is 0 Å². The van der Waals surface area contributed by atoms with Gasteiger partial charge >= 0.3 is 5.69 Å². The molecule has 1 N–H and O–H groups in total. The average Bonchev–Trinajstić information content (AvgIpc) is 2.79. The first-order valence-corrected chi connectivity index (χ1v) is 6.69. The van der Waals surface area contributed by atoms with Crippen LogP contribution in [0.1, 0.15) is 12.8 Å². The molecule has 2 saturated heterocycles. The Morgan fingerprint density at radius 3 is 2.74 bits per heavy atom. The van der Waals surface area contributed by atoms with Gasteiger partial charge in [-0.3, -0.25) is 9.36 Å². The third-order valence-corrected chi connectivity index (χ3v) is 4.40. The van der Waals surface area contributed by atoms with E-state index in [1.54, 1.807) is 0 Å². The summed E-state index contributed by atoms with van der Waals surface area (Å²) < 4.78 is 1.09. The van der Waals surface area contributed by atoms with Crippen molar-refractivity contribution in [1.82, 2.24) is 19.7 Å². The predicted octanol–water partition coefficient (Wildman–Crippen LogP) is -1.00. The molecule has 19 heavy (non-hydrogen) atoms. The Bertz CT molecular complexity index is 593. The topological polar surface area (TPSA) is 74.2 Å². The van der Waals surface area contributed by atoms with E-state index in [9.17, 15) is 9.59 Å². The van der Waals surface area contributed by atoms with Crippen LogP contribution < -0.4 is 16.1 Å². The van der Waals surface area contributed by atoms with Gasteiger partial charge in [0.15, 0.2) is 0 Å². The molecule has 2 aliphatic rings. The van der Waals surface area contributed by atoms with Crippen molar-refractivity contribution in [1.29, 1.82) is 0 Å². The molecule has 0 bridgehead atoms. The van der Waals surface area contributed by atoms with E-state index in [1.807, 2.05) is 0 Å². The normalized spacial score (nSPS) is 27.6. The van der Waals surface area contributed by atoms with Crippen molar-refractivity contribution in [2.75, 3.05) is 31.6 Å². The molecule has 0 saturated carbocycles. The molecule has 2 atom stereocenters. The van der Waals surface area contributed by atoms with E-state index in [2.05, 4.69) is 27.0 Å². The lowest BCUT2D eigenvalue weighted by Crippen LogP contribution is -2.49. The molecule has 2 aliphatic heterocycles. The highest BCUT2D eigenvalue weighted by atomic mass is 16.2. The van der Waals surface area contributed by atoms with Crippen molar-refractivity contribution >= 4 is 5.82 Å². The number of aromatic nitrogens is 3. The summed E-state index contributed by atoms with van der Waals surface area (Å²) >= 11 is 0. The van der Waals surface area contributed by atoms with Gasteiger partial charge in [0.2, 0.25) is 5.82 Å². The molecule has 104 valence electrons. The third kappa shape index (κ3) is 1.98. The van der Waals surface area contributed by atoms with Crippen LogP contribution in [0, 0.1) is 5.92 Å². The van der Waals surface area contributed by atoms with E-state index < -0.39 is 5.69 Å². The SMILES string of the molecule is CN1CCC2CCN(c3n[nH]c(=O)n(C)c3=O)C2C1. The second-order valence-electron chi connectivity index (χ2n) is 5.58. The highest BCUT2D eigenvalue weighted by Crippen LogP contribution is 2.32. The molecule has 0 radical (unpaired) electrons. The Hall–Kier alpha value is -1.63. The Kier molecular flexibility index (Phi) is 2.93. The molecule has 0 aromatic carbocycles. The van der Waals surface area contributed by atoms with Gasteiger partial charge in [0.25, 0.3) is 5.56 Å². The molecule has 2 fully saturated rings. The average molecular weight is 265 g/mol. The van der Waals surface area contributed by atoms with Gasteiger partial charge in [0, 0.05) is 26.2 Å². The number of likely N-dealkylation sites (N-methyl/N-ethyl adjacent to an activating group) is 1. The Morgan fingerprint density at radius 2 is 1.95 bits per heavy atom. The number of likely N-dealkylation sites (tertiary alicyclic amines) is 1. The zero-order chi connectivity index (χ0) is 13.6. The lowest BCUT2D eigenvalue weighted by molar-refractivity contribution is 0.207. The van der Waals surface area contributed by atoms with Crippen molar-refractivity contribution in [2.24, 2.45) is 13.0 Å². The molecular weight excluding hydrogens is 246 g/mol. The van der Waals surface area contributed by atoms with Gasteiger partial charge in [-0.2, -0.15) is 0 Å². The Labute approximate surface area is 110 Å². The van der Waals surface area contributed by atoms with Crippen molar-refractivity contribution in [3.05, 3.63) is 20.8 Å². The number of H-pyrrole nitrogens is 1. The van der Waals surface area contributed by atoms with Gasteiger partial charge in [0.05, 0.1) is 0 Å². The van der Waals surface area contributed by atoms with Crippen molar-refractivity contribution in [2.45, 2.75) is 18.9 Å². The van der Waals surface area contributed by atoms with E-state index in [0.717, 1.165) is 30.6 Å². The first-order chi connectivity index (χ1) is 9.08. The summed E-state index contributed by atoms with van der Waals surface area (Å²) in [4.78, 5) is 27.9. The molecule has 0 aliphatic carbocycles. The lowest BCUT2D eigenvalue weighted by atomic mass is 9.92. The number of piperidine rings is 1. The number of rotatable bonds is 1. The van der Waals surface area contributed by atoms with Crippen LogP contribution >= 0.6 is 0 Å². The first kappa shape index (κ1) is 12.4. The molecule has 1 aromatic heterocycles. The molecule has 0 amide bonds. The minimum absolute atomic E-state index is 0.308. The molecule has 1 aromatic rings. The molecule has 3 heterocycles. The van der Waals surface area contributed by atoms with Crippen LogP contribution in [0.4, 0.5) is 5.82 Å². The van der Waals surface area contributed by atoms with Crippen LogP contribution in [0.15, 0.2) is 9.59 Å². The van der Waals surface area contributed by atoms with Crippen LogP contribution in [0.5, 0.6) is 0 Å². The fourth-order valence-corrected chi connectivity index (χ4v) is 3.21. The summed E-state index contributed by atoms with van der Waals surface area (Å²) in [5.74, 6) is 1.01. The van der Waals surface area contributed by atoms with E-state index in [4.69, 9.17) is 0 Å². The number of nitrogens with zero attached hydrogens (tertiary/aromatic N) is 4. The summed E-state index contributed by atoms with van der Waals surface area (Å²) in [6.45, 7) is 2.91. The third-order valence-electron chi connectivity index (χ3n) is 4.40. The molecule has 2 unspecified atom stereocenters. The predicted molar refractivity (Wildman–Crippen MR) is 71.5 cm³/mol. The quantitative estimate of drug-likeness (QED) is 0.705. The Morgan fingerprint density at radius 1 is 1.21 bits per heavy atom. The van der Waals surface area contributed by atoms with Gasteiger partial charge < -0.3 is 9.80 Å². The van der Waals surface area contributed by atoms with Crippen LogP contribution in [0.3, 0.4) is 0 Å². The largest absolute Gasteiger partial charge is 0.346 e. The van der Waals surface area contributed by atoms with Crippen LogP contribution in [0.25, 0.3) is 0 Å². The van der Waals surface area contributed by atoms with Crippen molar-refractivity contribution in [3.8, 4) is 0 Å². The fourth-order valence-electron chi connectivity index (χ4n) is 3.21. The maximum absolute atomic E-state index is 12.2. The second kappa shape index (κ2) is 4.48. The van der Waals surface area contributed by atoms with Gasteiger partial charge in [-0.1, -0.05) is 0 Å². The second-order valence-corrected chi connectivity index (χ2v) is 5.58.